The largest absolute Gasteiger partial charge is 0.316 e. The molecule has 0 aromatic carbocycles. The first-order valence-electron chi connectivity index (χ1n) is 6.96. The van der Waals surface area contributed by atoms with Crippen LogP contribution in [0.4, 0.5) is 0 Å². The topological polar surface area (TPSA) is 24.9 Å². The Balaban J connectivity index is 1.51. The smallest absolute Gasteiger partial charge is 0.0897 e. The van der Waals surface area contributed by atoms with Gasteiger partial charge in [-0.3, -0.25) is 0 Å². The molecule has 3 heteroatoms. The van der Waals surface area contributed by atoms with Gasteiger partial charge in [0.05, 0.1) is 10.7 Å². The molecule has 0 spiro atoms. The van der Waals surface area contributed by atoms with E-state index in [-0.39, 0.29) is 0 Å². The first-order valence-corrected chi connectivity index (χ1v) is 7.84. The van der Waals surface area contributed by atoms with Gasteiger partial charge in [-0.15, -0.1) is 11.3 Å². The fraction of sp³-hybridized carbons (Fsp3) is 0.786. The van der Waals surface area contributed by atoms with E-state index in [1.807, 2.05) is 0 Å². The fourth-order valence-electron chi connectivity index (χ4n) is 2.65. The molecule has 0 aliphatic heterocycles. The minimum absolute atomic E-state index is 0.998. The molecule has 0 atom stereocenters. The predicted molar refractivity (Wildman–Crippen MR) is 74.6 cm³/mol. The van der Waals surface area contributed by atoms with Gasteiger partial charge in [-0.05, 0) is 25.8 Å². The Hall–Kier alpha value is -0.410. The second-order valence-electron chi connectivity index (χ2n) is 5.15. The molecule has 1 heterocycles. The highest BCUT2D eigenvalue weighted by molar-refractivity contribution is 7.09. The maximum absolute atomic E-state index is 4.48. The number of aromatic nitrogens is 1. The van der Waals surface area contributed by atoms with E-state index in [4.69, 9.17) is 0 Å². The van der Waals surface area contributed by atoms with E-state index in [9.17, 15) is 0 Å². The van der Waals surface area contributed by atoms with Crippen molar-refractivity contribution in [2.75, 3.05) is 13.1 Å². The standard InChI is InChI=1S/C14H24N2S/c1-12-16-14(11-17-12)8-10-15-9-7-13-5-3-2-4-6-13/h11,13,15H,2-10H2,1H3. The zero-order valence-electron chi connectivity index (χ0n) is 10.9. The van der Waals surface area contributed by atoms with Gasteiger partial charge in [-0.2, -0.15) is 0 Å². The van der Waals surface area contributed by atoms with Gasteiger partial charge in [0.25, 0.3) is 0 Å². The van der Waals surface area contributed by atoms with Crippen LogP contribution in [0.25, 0.3) is 0 Å². The summed E-state index contributed by atoms with van der Waals surface area (Å²) in [6.45, 7) is 4.34. The van der Waals surface area contributed by atoms with Crippen LogP contribution in [0.15, 0.2) is 5.38 Å². The van der Waals surface area contributed by atoms with Gasteiger partial charge in [0.2, 0.25) is 0 Å². The van der Waals surface area contributed by atoms with Crippen LogP contribution in [0.2, 0.25) is 0 Å². The highest BCUT2D eigenvalue weighted by Crippen LogP contribution is 2.25. The van der Waals surface area contributed by atoms with Crippen LogP contribution in [0.3, 0.4) is 0 Å². The third kappa shape index (κ3) is 4.76. The summed E-state index contributed by atoms with van der Waals surface area (Å²) < 4.78 is 0. The summed E-state index contributed by atoms with van der Waals surface area (Å²) in [5.41, 5.74) is 1.25. The average Bonchev–Trinajstić information content (AvgIpc) is 2.76. The lowest BCUT2D eigenvalue weighted by atomic mass is 9.87. The predicted octanol–water partition coefficient (Wildman–Crippen LogP) is 3.55. The van der Waals surface area contributed by atoms with Gasteiger partial charge in [0, 0.05) is 18.3 Å². The number of rotatable bonds is 6. The van der Waals surface area contributed by atoms with Crippen molar-refractivity contribution in [2.24, 2.45) is 5.92 Å². The second kappa shape index (κ2) is 7.12. The van der Waals surface area contributed by atoms with Crippen molar-refractivity contribution in [1.29, 1.82) is 0 Å². The summed E-state index contributed by atoms with van der Waals surface area (Å²) in [5, 5.41) is 6.92. The van der Waals surface area contributed by atoms with E-state index in [2.05, 4.69) is 22.6 Å². The van der Waals surface area contributed by atoms with Crippen molar-refractivity contribution >= 4 is 11.3 Å². The lowest BCUT2D eigenvalue weighted by Crippen LogP contribution is -2.21. The third-order valence-electron chi connectivity index (χ3n) is 3.68. The van der Waals surface area contributed by atoms with Crippen LogP contribution in [0.1, 0.15) is 49.2 Å². The zero-order valence-corrected chi connectivity index (χ0v) is 11.7. The first kappa shape index (κ1) is 13.0. The lowest BCUT2D eigenvalue weighted by molar-refractivity contribution is 0.334. The molecule has 2 nitrogen and oxygen atoms in total. The maximum Gasteiger partial charge on any atom is 0.0897 e. The molecule has 0 saturated heterocycles. The van der Waals surface area contributed by atoms with E-state index < -0.39 is 0 Å². The van der Waals surface area contributed by atoms with Crippen LogP contribution in [-0.4, -0.2) is 18.1 Å². The Bertz CT molecular complexity index is 316. The monoisotopic (exact) mass is 252 g/mol. The van der Waals surface area contributed by atoms with Crippen molar-refractivity contribution in [3.63, 3.8) is 0 Å². The molecular weight excluding hydrogens is 228 g/mol. The number of hydrogen-bond acceptors (Lipinski definition) is 3. The summed E-state index contributed by atoms with van der Waals surface area (Å²) in [7, 11) is 0. The summed E-state index contributed by atoms with van der Waals surface area (Å²) in [6.07, 6.45) is 9.77. The molecule has 0 bridgehead atoms. The summed E-state index contributed by atoms with van der Waals surface area (Å²) in [6, 6.07) is 0. The van der Waals surface area contributed by atoms with Crippen molar-refractivity contribution < 1.29 is 0 Å². The molecular formula is C14H24N2S. The van der Waals surface area contributed by atoms with Crippen LogP contribution in [0, 0.1) is 12.8 Å². The molecule has 96 valence electrons. The second-order valence-corrected chi connectivity index (χ2v) is 6.21. The number of hydrogen-bond donors (Lipinski definition) is 1. The Labute approximate surface area is 109 Å². The number of thiazole rings is 1. The number of nitrogens with one attached hydrogen (secondary N) is 1. The molecule has 1 N–H and O–H groups in total. The SMILES string of the molecule is Cc1nc(CCNCCC2CCCCC2)cs1. The van der Waals surface area contributed by atoms with Crippen LogP contribution in [0.5, 0.6) is 0 Å². The van der Waals surface area contributed by atoms with E-state index in [1.54, 1.807) is 11.3 Å². The molecule has 0 amide bonds. The minimum Gasteiger partial charge on any atom is -0.316 e. The zero-order chi connectivity index (χ0) is 11.9. The lowest BCUT2D eigenvalue weighted by Gasteiger charge is -2.21. The van der Waals surface area contributed by atoms with Crippen LogP contribution in [-0.2, 0) is 6.42 Å². The van der Waals surface area contributed by atoms with E-state index in [1.165, 1.54) is 55.8 Å². The molecule has 1 saturated carbocycles. The Morgan fingerprint density at radius 2 is 2.12 bits per heavy atom. The minimum atomic E-state index is 0.998. The quantitative estimate of drug-likeness (QED) is 0.783. The molecule has 1 fully saturated rings. The molecule has 1 aromatic rings. The molecule has 1 aromatic heterocycles. The molecule has 0 radical (unpaired) electrons. The van der Waals surface area contributed by atoms with Gasteiger partial charge in [-0.1, -0.05) is 32.1 Å². The van der Waals surface area contributed by atoms with Crippen molar-refractivity contribution in [2.45, 2.75) is 51.9 Å². The normalized spacial score (nSPS) is 17.5. The Morgan fingerprint density at radius 1 is 1.29 bits per heavy atom. The van der Waals surface area contributed by atoms with E-state index in [0.717, 1.165) is 18.9 Å². The molecule has 0 unspecified atom stereocenters. The van der Waals surface area contributed by atoms with Gasteiger partial charge < -0.3 is 5.32 Å². The Kier molecular flexibility index (Phi) is 5.46. The average molecular weight is 252 g/mol. The van der Waals surface area contributed by atoms with E-state index >= 15 is 0 Å². The van der Waals surface area contributed by atoms with E-state index in [0.29, 0.717) is 0 Å². The highest BCUT2D eigenvalue weighted by Gasteiger charge is 2.12. The summed E-state index contributed by atoms with van der Waals surface area (Å²) in [5.74, 6) is 0.998. The first-order chi connectivity index (χ1) is 8.34. The van der Waals surface area contributed by atoms with Gasteiger partial charge >= 0.3 is 0 Å². The highest BCUT2D eigenvalue weighted by atomic mass is 32.1. The van der Waals surface area contributed by atoms with Crippen LogP contribution >= 0.6 is 11.3 Å². The van der Waals surface area contributed by atoms with Crippen molar-refractivity contribution in [3.05, 3.63) is 16.1 Å². The molecule has 1 aliphatic rings. The molecule has 17 heavy (non-hydrogen) atoms. The third-order valence-corrected chi connectivity index (χ3v) is 4.50. The number of nitrogens with zero attached hydrogens (tertiary/aromatic N) is 1. The fourth-order valence-corrected chi connectivity index (χ4v) is 3.29. The molecule has 2 rings (SSSR count). The maximum atomic E-state index is 4.48. The van der Waals surface area contributed by atoms with Crippen molar-refractivity contribution in [3.8, 4) is 0 Å². The number of aryl methyl sites for hydroxylation is 1. The molecule has 1 aliphatic carbocycles. The summed E-state index contributed by atoms with van der Waals surface area (Å²) in [4.78, 5) is 4.48. The summed E-state index contributed by atoms with van der Waals surface area (Å²) >= 11 is 1.75. The Morgan fingerprint density at radius 3 is 2.82 bits per heavy atom. The van der Waals surface area contributed by atoms with Gasteiger partial charge in [0.15, 0.2) is 0 Å². The van der Waals surface area contributed by atoms with Crippen molar-refractivity contribution in [1.82, 2.24) is 10.3 Å². The van der Waals surface area contributed by atoms with Crippen LogP contribution < -0.4 is 5.32 Å². The van der Waals surface area contributed by atoms with Gasteiger partial charge in [-0.25, -0.2) is 4.98 Å². The van der Waals surface area contributed by atoms with Gasteiger partial charge in [0.1, 0.15) is 0 Å².